The summed E-state index contributed by atoms with van der Waals surface area (Å²) in [5.41, 5.74) is 3.06. The first-order valence-corrected chi connectivity index (χ1v) is 10.1. The van der Waals surface area contributed by atoms with Crippen molar-refractivity contribution >= 4 is 34.3 Å². The van der Waals surface area contributed by atoms with Gasteiger partial charge in [0.2, 0.25) is 12.5 Å². The van der Waals surface area contributed by atoms with E-state index in [1.165, 1.54) is 0 Å². The van der Waals surface area contributed by atoms with E-state index in [1.807, 2.05) is 83.5 Å². The summed E-state index contributed by atoms with van der Waals surface area (Å²) in [4.78, 5) is 0. The number of nitrogens with zero attached hydrogens (tertiary/aromatic N) is 2. The maximum atomic E-state index is 5.47. The van der Waals surface area contributed by atoms with Crippen molar-refractivity contribution in [1.82, 2.24) is 5.10 Å². The molecule has 0 saturated carbocycles. The average Bonchev–Trinajstić information content (AvgIpc) is 3.40. The number of fused-ring (bicyclic) bond motifs is 1. The highest BCUT2D eigenvalue weighted by atomic mass is 32.1. The normalized spacial score (nSPS) is 12.4. The van der Waals surface area contributed by atoms with Crippen molar-refractivity contribution in [3.63, 3.8) is 0 Å². The molecule has 5 rings (SSSR count). The number of hydrogen-bond donors (Lipinski definition) is 1. The van der Waals surface area contributed by atoms with Crippen LogP contribution in [0.25, 0.3) is 17.8 Å². The van der Waals surface area contributed by atoms with Gasteiger partial charge in [-0.25, -0.2) is 0 Å². The number of rotatable bonds is 5. The van der Waals surface area contributed by atoms with Crippen LogP contribution < -0.4 is 19.5 Å². The zero-order valence-electron chi connectivity index (χ0n) is 15.5. The van der Waals surface area contributed by atoms with Crippen molar-refractivity contribution in [2.45, 2.75) is 0 Å². The number of aromatic nitrogens is 2. The van der Waals surface area contributed by atoms with E-state index in [9.17, 15) is 0 Å². The lowest BCUT2D eigenvalue weighted by Crippen LogP contribution is -2.35. The molecule has 4 aromatic rings. The first-order valence-electron chi connectivity index (χ1n) is 9.23. The van der Waals surface area contributed by atoms with Gasteiger partial charge >= 0.3 is 0 Å². The summed E-state index contributed by atoms with van der Waals surface area (Å²) >= 11 is 1.59. The Labute approximate surface area is 172 Å². The molecule has 0 atom stereocenters. The molecule has 1 N–H and O–H groups in total. The number of anilines is 2. The molecule has 0 spiro atoms. The van der Waals surface area contributed by atoms with Gasteiger partial charge in [0.1, 0.15) is 0 Å². The van der Waals surface area contributed by atoms with Crippen LogP contribution in [0.15, 0.2) is 78.9 Å². The summed E-state index contributed by atoms with van der Waals surface area (Å²) in [5, 5.41) is 9.99. The van der Waals surface area contributed by atoms with E-state index < -0.39 is 0 Å². The van der Waals surface area contributed by atoms with E-state index in [4.69, 9.17) is 14.6 Å². The molecule has 0 saturated heterocycles. The van der Waals surface area contributed by atoms with Gasteiger partial charge in [-0.1, -0.05) is 42.5 Å². The summed E-state index contributed by atoms with van der Waals surface area (Å²) in [6.45, 7) is 0.278. The van der Waals surface area contributed by atoms with Gasteiger partial charge in [-0.05, 0) is 51.9 Å². The molecule has 6 heteroatoms. The van der Waals surface area contributed by atoms with Crippen LogP contribution in [0.3, 0.4) is 0 Å². The van der Waals surface area contributed by atoms with Crippen molar-refractivity contribution in [2.75, 3.05) is 12.1 Å². The summed E-state index contributed by atoms with van der Waals surface area (Å²) < 4.78 is 12.8. The average molecular weight is 400 g/mol. The zero-order valence-corrected chi connectivity index (χ0v) is 16.3. The number of para-hydroxylation sites is 2. The lowest BCUT2D eigenvalue weighted by molar-refractivity contribution is -0.654. The summed E-state index contributed by atoms with van der Waals surface area (Å²) in [6, 6.07) is 26.1. The minimum absolute atomic E-state index is 0.278. The second-order valence-electron chi connectivity index (χ2n) is 6.43. The van der Waals surface area contributed by atoms with Crippen molar-refractivity contribution in [1.29, 1.82) is 0 Å². The molecule has 0 fully saturated rings. The molecule has 2 heterocycles. The predicted molar refractivity (Wildman–Crippen MR) is 115 cm³/mol. The molecule has 1 aromatic heterocycles. The van der Waals surface area contributed by atoms with E-state index >= 15 is 0 Å². The highest BCUT2D eigenvalue weighted by molar-refractivity contribution is 7.15. The SMILES string of the molecule is C(=C\c1sc(Nc2ccccc2)n[n+]1-c1ccccc1)/c1ccc2c(c1)OCO2. The van der Waals surface area contributed by atoms with E-state index in [2.05, 4.69) is 17.5 Å². The Morgan fingerprint density at radius 1 is 0.862 bits per heavy atom. The molecule has 0 unspecified atom stereocenters. The van der Waals surface area contributed by atoms with Crippen LogP contribution in [0, 0.1) is 0 Å². The van der Waals surface area contributed by atoms with Gasteiger partial charge < -0.3 is 14.8 Å². The third kappa shape index (κ3) is 3.83. The second kappa shape index (κ2) is 7.77. The fourth-order valence-corrected chi connectivity index (χ4v) is 3.90. The summed E-state index contributed by atoms with van der Waals surface area (Å²) in [7, 11) is 0. The standard InChI is InChI=1S/C23H18N3O2S/c1-3-7-18(8-4-1)24-23-25-26(19-9-5-2-6-10-19)22(29-23)14-12-17-11-13-20-21(15-17)28-16-27-20/h1-15H,16H2,(H,24,25)/q+1/b14-12+. The lowest BCUT2D eigenvalue weighted by atomic mass is 10.2. The van der Waals surface area contributed by atoms with Gasteiger partial charge in [-0.15, -0.1) is 0 Å². The predicted octanol–water partition coefficient (Wildman–Crippen LogP) is 5.06. The largest absolute Gasteiger partial charge is 0.454 e. The quantitative estimate of drug-likeness (QED) is 0.476. The van der Waals surface area contributed by atoms with Crippen LogP contribution in [0.1, 0.15) is 10.6 Å². The third-order valence-electron chi connectivity index (χ3n) is 4.44. The molecule has 29 heavy (non-hydrogen) atoms. The zero-order chi connectivity index (χ0) is 19.5. The Hall–Kier alpha value is -3.64. The van der Waals surface area contributed by atoms with Gasteiger partial charge in [0.15, 0.2) is 11.5 Å². The van der Waals surface area contributed by atoms with E-state index in [0.29, 0.717) is 0 Å². The van der Waals surface area contributed by atoms with Crippen molar-refractivity contribution < 1.29 is 14.2 Å². The molecular weight excluding hydrogens is 382 g/mol. The molecule has 0 radical (unpaired) electrons. The van der Waals surface area contributed by atoms with Gasteiger partial charge in [0.05, 0.1) is 0 Å². The number of nitrogens with one attached hydrogen (secondary N) is 1. The Morgan fingerprint density at radius 2 is 1.62 bits per heavy atom. The summed E-state index contributed by atoms with van der Waals surface area (Å²) in [6.07, 6.45) is 4.12. The Bertz CT molecular complexity index is 1160. The molecule has 0 amide bonds. The monoisotopic (exact) mass is 400 g/mol. The van der Waals surface area contributed by atoms with E-state index in [-0.39, 0.29) is 6.79 Å². The Morgan fingerprint density at radius 3 is 2.45 bits per heavy atom. The topological polar surface area (TPSA) is 47.3 Å². The number of benzene rings is 3. The van der Waals surface area contributed by atoms with Crippen molar-refractivity contribution in [3.05, 3.63) is 89.4 Å². The molecule has 1 aliphatic rings. The Balaban J connectivity index is 1.48. The van der Waals surface area contributed by atoms with Crippen molar-refractivity contribution in [2.24, 2.45) is 0 Å². The van der Waals surface area contributed by atoms with Crippen LogP contribution in [0.5, 0.6) is 11.5 Å². The first kappa shape index (κ1) is 17.5. The second-order valence-corrected chi connectivity index (χ2v) is 7.44. The van der Waals surface area contributed by atoms with Gasteiger partial charge in [0, 0.05) is 29.0 Å². The molecule has 0 bridgehead atoms. The highest BCUT2D eigenvalue weighted by Crippen LogP contribution is 2.33. The van der Waals surface area contributed by atoms with Crippen LogP contribution in [-0.4, -0.2) is 11.9 Å². The maximum Gasteiger partial charge on any atom is 0.297 e. The lowest BCUT2D eigenvalue weighted by Gasteiger charge is -1.97. The van der Waals surface area contributed by atoms with Gasteiger partial charge in [-0.2, -0.15) is 0 Å². The molecule has 5 nitrogen and oxygen atoms in total. The van der Waals surface area contributed by atoms with E-state index in [1.54, 1.807) is 11.3 Å². The molecular formula is C23H18N3O2S+. The minimum atomic E-state index is 0.278. The van der Waals surface area contributed by atoms with Crippen LogP contribution in [-0.2, 0) is 0 Å². The van der Waals surface area contributed by atoms with Crippen LogP contribution >= 0.6 is 11.3 Å². The highest BCUT2D eigenvalue weighted by Gasteiger charge is 2.20. The fraction of sp³-hybridized carbons (Fsp3) is 0.0435. The van der Waals surface area contributed by atoms with Crippen LogP contribution in [0.2, 0.25) is 0 Å². The smallest absolute Gasteiger partial charge is 0.297 e. The van der Waals surface area contributed by atoms with Gasteiger partial charge in [0.25, 0.3) is 10.1 Å². The number of ether oxygens (including phenoxy) is 2. The number of hydrogen-bond acceptors (Lipinski definition) is 5. The van der Waals surface area contributed by atoms with Crippen LogP contribution in [0.4, 0.5) is 10.8 Å². The maximum absolute atomic E-state index is 5.47. The minimum Gasteiger partial charge on any atom is -0.454 e. The Kier molecular flexibility index (Phi) is 4.68. The molecule has 142 valence electrons. The van der Waals surface area contributed by atoms with Gasteiger partial charge in [-0.3, -0.25) is 0 Å². The molecule has 1 aliphatic heterocycles. The van der Waals surface area contributed by atoms with Crippen molar-refractivity contribution in [3.8, 4) is 17.2 Å². The molecule has 3 aromatic carbocycles. The first-order chi connectivity index (χ1) is 14.3. The summed E-state index contributed by atoms with van der Waals surface area (Å²) in [5.74, 6) is 1.56. The van der Waals surface area contributed by atoms with E-state index in [0.717, 1.165) is 38.6 Å². The molecule has 0 aliphatic carbocycles. The third-order valence-corrected chi connectivity index (χ3v) is 5.34. The fourth-order valence-electron chi connectivity index (χ4n) is 3.04.